The van der Waals surface area contributed by atoms with Gasteiger partial charge in [0.1, 0.15) is 6.10 Å². The van der Waals surface area contributed by atoms with Crippen molar-refractivity contribution >= 4 is 5.97 Å². The lowest BCUT2D eigenvalue weighted by molar-refractivity contribution is -0.150. The molecule has 1 aliphatic heterocycles. The molecule has 0 spiro atoms. The van der Waals surface area contributed by atoms with Gasteiger partial charge in [-0.05, 0) is 51.6 Å². The summed E-state index contributed by atoms with van der Waals surface area (Å²) in [5.41, 5.74) is 0. The maximum Gasteiger partial charge on any atom is 0.305 e. The molecule has 0 atom stereocenters. The molecule has 0 unspecified atom stereocenters. The molecule has 3 heteroatoms. The largest absolute Gasteiger partial charge is 0.462 e. The number of carbonyl (C=O) groups is 1. The Morgan fingerprint density at radius 2 is 1.76 bits per heavy atom. The molecule has 0 aromatic carbocycles. The van der Waals surface area contributed by atoms with Crippen LogP contribution >= 0.6 is 0 Å². The number of hydrogen-bond donors (Lipinski definition) is 0. The highest BCUT2D eigenvalue weighted by atomic mass is 16.5. The summed E-state index contributed by atoms with van der Waals surface area (Å²) in [6.45, 7) is 4.43. The highest BCUT2D eigenvalue weighted by Crippen LogP contribution is 2.27. The Morgan fingerprint density at radius 3 is 2.35 bits per heavy atom. The molecule has 1 saturated carbocycles. The van der Waals surface area contributed by atoms with Gasteiger partial charge in [0.15, 0.2) is 0 Å². The van der Waals surface area contributed by atoms with Crippen molar-refractivity contribution in [2.24, 2.45) is 0 Å². The molecule has 17 heavy (non-hydrogen) atoms. The third-order valence-electron chi connectivity index (χ3n) is 4.14. The molecule has 2 aliphatic rings. The molecule has 3 nitrogen and oxygen atoms in total. The number of esters is 1. The standard InChI is InChI=1S/C14H25NO2/c1-2-14(16)17-13-8-6-12(7-9-13)15-10-4-3-5-11-15/h12-13H,2-11H2,1H3. The van der Waals surface area contributed by atoms with Gasteiger partial charge < -0.3 is 9.64 Å². The first-order valence-corrected chi connectivity index (χ1v) is 7.23. The van der Waals surface area contributed by atoms with Gasteiger partial charge in [0.2, 0.25) is 0 Å². The van der Waals surface area contributed by atoms with Crippen LogP contribution in [0.25, 0.3) is 0 Å². The van der Waals surface area contributed by atoms with Crippen molar-refractivity contribution in [3.05, 3.63) is 0 Å². The summed E-state index contributed by atoms with van der Waals surface area (Å²) in [5, 5.41) is 0. The van der Waals surface area contributed by atoms with E-state index in [9.17, 15) is 4.79 Å². The van der Waals surface area contributed by atoms with E-state index in [1.807, 2.05) is 6.92 Å². The first-order valence-electron chi connectivity index (χ1n) is 7.23. The Hall–Kier alpha value is -0.570. The van der Waals surface area contributed by atoms with Gasteiger partial charge in [-0.15, -0.1) is 0 Å². The van der Waals surface area contributed by atoms with E-state index < -0.39 is 0 Å². The zero-order chi connectivity index (χ0) is 12.1. The number of nitrogens with zero attached hydrogens (tertiary/aromatic N) is 1. The average molecular weight is 239 g/mol. The van der Waals surface area contributed by atoms with Crippen molar-refractivity contribution < 1.29 is 9.53 Å². The summed E-state index contributed by atoms with van der Waals surface area (Å²) in [6.07, 6.45) is 9.38. The van der Waals surface area contributed by atoms with E-state index in [2.05, 4.69) is 4.90 Å². The smallest absolute Gasteiger partial charge is 0.305 e. The van der Waals surface area contributed by atoms with E-state index in [4.69, 9.17) is 4.74 Å². The Balaban J connectivity index is 1.71. The van der Waals surface area contributed by atoms with Gasteiger partial charge in [-0.25, -0.2) is 0 Å². The molecular weight excluding hydrogens is 214 g/mol. The molecule has 0 radical (unpaired) electrons. The van der Waals surface area contributed by atoms with Gasteiger partial charge in [-0.2, -0.15) is 0 Å². The van der Waals surface area contributed by atoms with Gasteiger partial charge in [0.25, 0.3) is 0 Å². The molecule has 0 aromatic rings. The summed E-state index contributed by atoms with van der Waals surface area (Å²) < 4.78 is 5.42. The van der Waals surface area contributed by atoms with Crippen molar-refractivity contribution in [3.63, 3.8) is 0 Å². The van der Waals surface area contributed by atoms with Crippen LogP contribution in [0.4, 0.5) is 0 Å². The van der Waals surface area contributed by atoms with E-state index >= 15 is 0 Å². The van der Waals surface area contributed by atoms with Crippen LogP contribution in [0.3, 0.4) is 0 Å². The van der Waals surface area contributed by atoms with E-state index in [0.717, 1.165) is 18.9 Å². The Kier molecular flexibility index (Phi) is 4.84. The monoisotopic (exact) mass is 239 g/mol. The van der Waals surface area contributed by atoms with Gasteiger partial charge in [0, 0.05) is 12.5 Å². The lowest BCUT2D eigenvalue weighted by Gasteiger charge is -2.38. The fraction of sp³-hybridized carbons (Fsp3) is 0.929. The maximum atomic E-state index is 11.2. The van der Waals surface area contributed by atoms with Crippen molar-refractivity contribution in [2.75, 3.05) is 13.1 Å². The van der Waals surface area contributed by atoms with Crippen molar-refractivity contribution in [1.29, 1.82) is 0 Å². The number of piperidine rings is 1. The normalized spacial score (nSPS) is 31.1. The fourth-order valence-electron chi connectivity index (χ4n) is 3.08. The SMILES string of the molecule is CCC(=O)OC1CCC(N2CCCCC2)CC1. The summed E-state index contributed by atoms with van der Waals surface area (Å²) in [7, 11) is 0. The quantitative estimate of drug-likeness (QED) is 0.709. The predicted molar refractivity (Wildman–Crippen MR) is 67.9 cm³/mol. The van der Waals surface area contributed by atoms with Crippen LogP contribution in [-0.2, 0) is 9.53 Å². The van der Waals surface area contributed by atoms with Crippen molar-refractivity contribution in [1.82, 2.24) is 4.90 Å². The number of carbonyl (C=O) groups excluding carboxylic acids is 1. The molecule has 2 fully saturated rings. The van der Waals surface area contributed by atoms with Crippen LogP contribution in [-0.4, -0.2) is 36.1 Å². The highest BCUT2D eigenvalue weighted by molar-refractivity contribution is 5.69. The number of rotatable bonds is 3. The van der Waals surface area contributed by atoms with E-state index in [1.165, 1.54) is 45.2 Å². The van der Waals surface area contributed by atoms with E-state index in [0.29, 0.717) is 6.42 Å². The van der Waals surface area contributed by atoms with Crippen LogP contribution in [0, 0.1) is 0 Å². The first kappa shape index (κ1) is 12.9. The zero-order valence-corrected chi connectivity index (χ0v) is 11.0. The summed E-state index contributed by atoms with van der Waals surface area (Å²) in [6, 6.07) is 0.756. The highest BCUT2D eigenvalue weighted by Gasteiger charge is 2.27. The first-order chi connectivity index (χ1) is 8.29. The van der Waals surface area contributed by atoms with Gasteiger partial charge in [0.05, 0.1) is 0 Å². The molecular formula is C14H25NO2. The molecule has 1 saturated heterocycles. The Labute approximate surface area is 105 Å². The minimum absolute atomic E-state index is 0.0357. The molecule has 1 aliphatic carbocycles. The van der Waals surface area contributed by atoms with Crippen LogP contribution in [0.15, 0.2) is 0 Å². The van der Waals surface area contributed by atoms with Gasteiger partial charge >= 0.3 is 5.97 Å². The van der Waals surface area contributed by atoms with E-state index in [-0.39, 0.29) is 12.1 Å². The number of ether oxygens (including phenoxy) is 1. The second-order valence-corrected chi connectivity index (χ2v) is 5.37. The molecule has 0 amide bonds. The Bertz CT molecular complexity index is 241. The summed E-state index contributed by atoms with van der Waals surface area (Å²) in [4.78, 5) is 13.9. The molecule has 0 aromatic heterocycles. The lowest BCUT2D eigenvalue weighted by Crippen LogP contribution is -2.42. The zero-order valence-electron chi connectivity index (χ0n) is 11.0. The number of likely N-dealkylation sites (tertiary alicyclic amines) is 1. The average Bonchev–Trinajstić information content (AvgIpc) is 2.40. The second kappa shape index (κ2) is 6.39. The maximum absolute atomic E-state index is 11.2. The molecule has 1 heterocycles. The minimum Gasteiger partial charge on any atom is -0.462 e. The van der Waals surface area contributed by atoms with Gasteiger partial charge in [-0.3, -0.25) is 4.79 Å². The van der Waals surface area contributed by atoms with Crippen LogP contribution in [0.1, 0.15) is 58.3 Å². The lowest BCUT2D eigenvalue weighted by atomic mass is 9.90. The minimum atomic E-state index is -0.0357. The van der Waals surface area contributed by atoms with Crippen LogP contribution in [0.2, 0.25) is 0 Å². The number of hydrogen-bond acceptors (Lipinski definition) is 3. The summed E-state index contributed by atoms with van der Waals surface area (Å²) >= 11 is 0. The Morgan fingerprint density at radius 1 is 1.12 bits per heavy atom. The topological polar surface area (TPSA) is 29.5 Å². The van der Waals surface area contributed by atoms with Crippen molar-refractivity contribution in [2.45, 2.75) is 70.4 Å². The molecule has 0 bridgehead atoms. The fourth-order valence-corrected chi connectivity index (χ4v) is 3.08. The van der Waals surface area contributed by atoms with Crippen LogP contribution < -0.4 is 0 Å². The molecule has 2 rings (SSSR count). The van der Waals surface area contributed by atoms with Crippen molar-refractivity contribution in [3.8, 4) is 0 Å². The summed E-state index contributed by atoms with van der Waals surface area (Å²) in [5.74, 6) is -0.0357. The third kappa shape index (κ3) is 3.70. The van der Waals surface area contributed by atoms with E-state index in [1.54, 1.807) is 0 Å². The molecule has 98 valence electrons. The molecule has 0 N–H and O–H groups in total. The van der Waals surface area contributed by atoms with Gasteiger partial charge in [-0.1, -0.05) is 13.3 Å². The van der Waals surface area contributed by atoms with Crippen LogP contribution in [0.5, 0.6) is 0 Å². The predicted octanol–water partition coefficient (Wildman–Crippen LogP) is 2.74. The third-order valence-corrected chi connectivity index (χ3v) is 4.14. The second-order valence-electron chi connectivity index (χ2n) is 5.37.